The van der Waals surface area contributed by atoms with E-state index in [9.17, 15) is 24.3 Å². The lowest BCUT2D eigenvalue weighted by molar-refractivity contribution is -0.134. The van der Waals surface area contributed by atoms with Crippen molar-refractivity contribution in [3.8, 4) is 16.9 Å². The summed E-state index contributed by atoms with van der Waals surface area (Å²) in [7, 11) is 1.92. The number of aryl methyl sites for hydroxylation is 1. The Hall–Kier alpha value is -7.17. The number of rotatable bonds is 13. The molecule has 3 N–H and O–H groups in total. The maximum atomic E-state index is 13.6. The van der Waals surface area contributed by atoms with E-state index >= 15 is 0 Å². The van der Waals surface area contributed by atoms with Crippen LogP contribution in [0.4, 0.5) is 16.6 Å². The first-order valence-electron chi connectivity index (χ1n) is 24.9. The van der Waals surface area contributed by atoms with E-state index in [-0.39, 0.29) is 29.5 Å². The molecule has 15 nitrogen and oxygen atoms in total. The number of ether oxygens (including phenoxy) is 1. The minimum atomic E-state index is -1.11. The van der Waals surface area contributed by atoms with Crippen LogP contribution < -0.4 is 25.2 Å². The Morgan fingerprint density at radius 2 is 1.68 bits per heavy atom. The van der Waals surface area contributed by atoms with Crippen LogP contribution in [0.2, 0.25) is 0 Å². The van der Waals surface area contributed by atoms with E-state index in [0.717, 1.165) is 108 Å². The Labute approximate surface area is 415 Å². The number of piperidine rings is 1. The molecule has 6 heterocycles. The first-order chi connectivity index (χ1) is 34.6. The van der Waals surface area contributed by atoms with Crippen LogP contribution in [-0.4, -0.2) is 98.8 Å². The SMILES string of the molecule is Cn1nc(C2CCC(=O)NC2=O)c2ccc(N3CCN(CCCC4CCC(Oc5cccc(-c6ccc(N7CCc8cccc(C(=O)Nc9nc%10ccccc%10s9)c8C7)nc6C(=O)O)c5)CC4)CC3)cc21. The topological polar surface area (TPSA) is 175 Å². The van der Waals surface area contributed by atoms with Crippen molar-refractivity contribution < 1.29 is 29.0 Å². The van der Waals surface area contributed by atoms with Crippen molar-refractivity contribution in [2.75, 3.05) is 54.4 Å². The van der Waals surface area contributed by atoms with Gasteiger partial charge in [-0.15, -0.1) is 0 Å². The van der Waals surface area contributed by atoms with Crippen LogP contribution >= 0.6 is 11.3 Å². The predicted octanol–water partition coefficient (Wildman–Crippen LogP) is 8.82. The average molecular weight is 972 g/mol. The normalized spacial score (nSPS) is 19.7. The Morgan fingerprint density at radius 3 is 2.49 bits per heavy atom. The number of pyridine rings is 1. The molecule has 3 fully saturated rings. The van der Waals surface area contributed by atoms with Crippen LogP contribution in [0, 0.1) is 5.92 Å². The number of carbonyl (C=O) groups is 4. The van der Waals surface area contributed by atoms with E-state index < -0.39 is 11.9 Å². The summed E-state index contributed by atoms with van der Waals surface area (Å²) in [6.45, 7) is 6.09. The quantitative estimate of drug-likeness (QED) is 0.0939. The van der Waals surface area contributed by atoms with E-state index in [0.29, 0.717) is 60.3 Å². The summed E-state index contributed by atoms with van der Waals surface area (Å²) in [5.41, 5.74) is 7.53. The second-order valence-corrected chi connectivity index (χ2v) is 20.4. The van der Waals surface area contributed by atoms with Crippen LogP contribution in [0.3, 0.4) is 0 Å². The van der Waals surface area contributed by atoms with Gasteiger partial charge in [0.25, 0.3) is 5.91 Å². The molecule has 2 saturated heterocycles. The van der Waals surface area contributed by atoms with Crippen molar-refractivity contribution in [3.63, 3.8) is 0 Å². The second kappa shape index (κ2) is 19.9. The smallest absolute Gasteiger partial charge is 0.355 e. The van der Waals surface area contributed by atoms with Gasteiger partial charge in [-0.2, -0.15) is 5.10 Å². The van der Waals surface area contributed by atoms with Crippen LogP contribution in [0.5, 0.6) is 5.75 Å². The first-order valence-corrected chi connectivity index (χ1v) is 25.7. The van der Waals surface area contributed by atoms with Crippen molar-refractivity contribution in [2.45, 2.75) is 76.4 Å². The summed E-state index contributed by atoms with van der Waals surface area (Å²) in [6, 6.07) is 31.4. The van der Waals surface area contributed by atoms with E-state index in [1.807, 2.05) is 95.5 Å². The molecule has 11 rings (SSSR count). The molecular weight excluding hydrogens is 915 g/mol. The van der Waals surface area contributed by atoms with Crippen molar-refractivity contribution in [1.29, 1.82) is 0 Å². The number of aromatic carboxylic acids is 1. The predicted molar refractivity (Wildman–Crippen MR) is 276 cm³/mol. The van der Waals surface area contributed by atoms with Crippen LogP contribution in [-0.2, 0) is 29.6 Å². The lowest BCUT2D eigenvalue weighted by Gasteiger charge is -2.36. The van der Waals surface area contributed by atoms with Crippen LogP contribution in [0.1, 0.15) is 95.0 Å². The van der Waals surface area contributed by atoms with Gasteiger partial charge in [0.15, 0.2) is 10.8 Å². The standard InChI is InChI=1S/C55H57N9O6S/c1-61-46-32-37(16-19-42(46)50(60-61)43-21-23-49(65)58-53(43)67)63-29-27-62(28-30-63)25-6-7-34-14-17-38(18-15-34)70-39-10-4-9-36(31-39)40-20-22-48(57-51(40)54(68)69)64-26-24-35-8-5-11-41(44(35)33-64)52(66)59-55-56-45-12-2-3-13-47(45)71-55/h2-5,8-13,16,19-20,22,31-32,34,38,43H,6-7,14-15,17-18,21,23-30,33H2,1H3,(H,68,69)(H,56,59,66)(H,58,65,67). The highest BCUT2D eigenvalue weighted by atomic mass is 32.1. The Kier molecular flexibility index (Phi) is 13.0. The molecule has 4 aromatic carbocycles. The van der Waals surface area contributed by atoms with Crippen molar-refractivity contribution >= 4 is 72.8 Å². The summed E-state index contributed by atoms with van der Waals surface area (Å²) >= 11 is 1.44. The largest absolute Gasteiger partial charge is 0.490 e. The molecule has 1 aliphatic carbocycles. The maximum absolute atomic E-state index is 13.6. The third-order valence-corrected chi connectivity index (χ3v) is 15.9. The van der Waals surface area contributed by atoms with Gasteiger partial charge in [-0.05, 0) is 141 Å². The summed E-state index contributed by atoms with van der Waals surface area (Å²) in [4.78, 5) is 67.1. The highest BCUT2D eigenvalue weighted by molar-refractivity contribution is 7.22. The van der Waals surface area contributed by atoms with Gasteiger partial charge >= 0.3 is 5.97 Å². The van der Waals surface area contributed by atoms with Gasteiger partial charge in [-0.1, -0.05) is 47.7 Å². The highest BCUT2D eigenvalue weighted by Crippen LogP contribution is 2.36. The van der Waals surface area contributed by atoms with E-state index in [4.69, 9.17) is 14.8 Å². The molecular formula is C55H57N9O6S. The number of amides is 3. The zero-order valence-electron chi connectivity index (χ0n) is 39.8. The number of benzene rings is 4. The molecule has 1 saturated carbocycles. The number of aromatic nitrogens is 4. The average Bonchev–Trinajstić information content (AvgIpc) is 3.95. The molecule has 16 heteroatoms. The monoisotopic (exact) mass is 971 g/mol. The number of carboxylic acid groups (broad SMARTS) is 1. The third-order valence-electron chi connectivity index (χ3n) is 14.9. The molecule has 0 bridgehead atoms. The minimum absolute atomic E-state index is 0.0270. The number of piperazine rings is 1. The Bertz CT molecular complexity index is 3140. The fraction of sp³-hybridized carbons (Fsp3) is 0.364. The molecule has 3 aliphatic heterocycles. The summed E-state index contributed by atoms with van der Waals surface area (Å²) < 4.78 is 9.41. The van der Waals surface area contributed by atoms with E-state index in [2.05, 4.69) is 43.6 Å². The summed E-state index contributed by atoms with van der Waals surface area (Å²) in [5.74, 6) is -0.261. The lowest BCUT2D eigenvalue weighted by Crippen LogP contribution is -2.46. The molecule has 0 spiro atoms. The molecule has 7 aromatic rings. The first kappa shape index (κ1) is 46.2. The number of anilines is 3. The van der Waals surface area contributed by atoms with Gasteiger partial charge in [-0.25, -0.2) is 14.8 Å². The molecule has 71 heavy (non-hydrogen) atoms. The lowest BCUT2D eigenvalue weighted by atomic mass is 9.84. The fourth-order valence-electron chi connectivity index (χ4n) is 11.1. The molecule has 1 atom stereocenters. The van der Waals surface area contributed by atoms with Gasteiger partial charge in [0.05, 0.1) is 33.4 Å². The molecule has 3 aromatic heterocycles. The van der Waals surface area contributed by atoms with Gasteiger partial charge in [-0.3, -0.25) is 34.6 Å². The zero-order valence-corrected chi connectivity index (χ0v) is 40.6. The molecule has 0 radical (unpaired) electrons. The summed E-state index contributed by atoms with van der Waals surface area (Å²) in [6.07, 6.45) is 8.25. The molecule has 4 aliphatic rings. The summed E-state index contributed by atoms with van der Waals surface area (Å²) in [5, 5.41) is 22.1. The van der Waals surface area contributed by atoms with E-state index in [1.54, 1.807) is 0 Å². The zero-order chi connectivity index (χ0) is 48.6. The highest BCUT2D eigenvalue weighted by Gasteiger charge is 2.32. The molecule has 1 unspecified atom stereocenters. The second-order valence-electron chi connectivity index (χ2n) is 19.4. The van der Waals surface area contributed by atoms with E-state index in [1.165, 1.54) is 29.9 Å². The number of fused-ring (bicyclic) bond motifs is 3. The fourth-order valence-corrected chi connectivity index (χ4v) is 11.9. The van der Waals surface area contributed by atoms with Crippen molar-refractivity contribution in [2.24, 2.45) is 13.0 Å². The number of para-hydroxylation sites is 1. The molecule has 364 valence electrons. The number of carboxylic acids is 1. The molecule has 3 amide bonds. The number of imide groups is 1. The number of thiazole rings is 1. The maximum Gasteiger partial charge on any atom is 0.355 e. The number of nitrogens with one attached hydrogen (secondary N) is 2. The van der Waals surface area contributed by atoms with Gasteiger partial charge < -0.3 is 19.6 Å². The van der Waals surface area contributed by atoms with Gasteiger partial charge in [0, 0.05) is 74.9 Å². The van der Waals surface area contributed by atoms with Crippen molar-refractivity contribution in [1.82, 2.24) is 30.0 Å². The third kappa shape index (κ3) is 9.82. The van der Waals surface area contributed by atoms with Gasteiger partial charge in [0.1, 0.15) is 11.6 Å². The van der Waals surface area contributed by atoms with Crippen LogP contribution in [0.15, 0.2) is 97.1 Å². The van der Waals surface area contributed by atoms with Crippen LogP contribution in [0.25, 0.3) is 32.2 Å². The minimum Gasteiger partial charge on any atom is -0.490 e. The number of nitrogens with zero attached hydrogens (tertiary/aromatic N) is 7. The number of hydrogen-bond donors (Lipinski definition) is 3. The number of hydrogen-bond acceptors (Lipinski definition) is 12. The number of carbonyl (C=O) groups excluding carboxylic acids is 3. The van der Waals surface area contributed by atoms with Gasteiger partial charge in [0.2, 0.25) is 11.8 Å². The van der Waals surface area contributed by atoms with Crippen molar-refractivity contribution in [3.05, 3.63) is 125 Å². The Morgan fingerprint density at radius 1 is 0.845 bits per heavy atom. The Balaban J connectivity index is 0.653.